The quantitative estimate of drug-likeness (QED) is 0.748. The zero-order valence-corrected chi connectivity index (χ0v) is 8.11. The Morgan fingerprint density at radius 3 is 2.50 bits per heavy atom. The summed E-state index contributed by atoms with van der Waals surface area (Å²) < 4.78 is 5.53. The fraction of sp³-hybridized carbons (Fsp3) is 0. The summed E-state index contributed by atoms with van der Waals surface area (Å²) in [5.74, 6) is 1.48. The highest BCUT2D eigenvalue weighted by atomic mass is 35.5. The average Bonchev–Trinajstić information content (AvgIpc) is 2.19. The van der Waals surface area contributed by atoms with Crippen molar-refractivity contribution in [3.05, 3.63) is 53.8 Å². The molecule has 0 N–H and O–H groups in total. The molecule has 0 fully saturated rings. The van der Waals surface area contributed by atoms with Crippen molar-refractivity contribution in [2.75, 3.05) is 0 Å². The van der Waals surface area contributed by atoms with Crippen LogP contribution in [0.2, 0.25) is 5.02 Å². The fourth-order valence-electron chi connectivity index (χ4n) is 1.07. The van der Waals surface area contributed by atoms with Crippen molar-refractivity contribution in [2.45, 2.75) is 0 Å². The van der Waals surface area contributed by atoms with Crippen molar-refractivity contribution < 1.29 is 4.74 Å². The molecular formula is C11H8ClNO. The summed E-state index contributed by atoms with van der Waals surface area (Å²) in [6.07, 6.45) is 3.36. The molecule has 0 aliphatic rings. The maximum atomic E-state index is 5.82. The predicted octanol–water partition coefficient (Wildman–Crippen LogP) is 3.53. The lowest BCUT2D eigenvalue weighted by Crippen LogP contribution is -1.83. The number of benzene rings is 1. The van der Waals surface area contributed by atoms with Crippen molar-refractivity contribution >= 4 is 11.6 Å². The van der Waals surface area contributed by atoms with E-state index in [0.29, 0.717) is 5.02 Å². The average molecular weight is 206 g/mol. The number of nitrogens with zero attached hydrogens (tertiary/aromatic N) is 1. The Morgan fingerprint density at radius 2 is 1.79 bits per heavy atom. The van der Waals surface area contributed by atoms with Crippen molar-refractivity contribution in [1.29, 1.82) is 0 Å². The van der Waals surface area contributed by atoms with Crippen molar-refractivity contribution in [3.63, 3.8) is 0 Å². The van der Waals surface area contributed by atoms with Crippen LogP contribution in [0.15, 0.2) is 48.8 Å². The van der Waals surface area contributed by atoms with Gasteiger partial charge in [-0.15, -0.1) is 0 Å². The second kappa shape index (κ2) is 4.11. The first-order valence-electron chi connectivity index (χ1n) is 4.18. The molecule has 0 bridgehead atoms. The molecule has 0 spiro atoms. The van der Waals surface area contributed by atoms with Gasteiger partial charge in [-0.3, -0.25) is 4.98 Å². The van der Waals surface area contributed by atoms with E-state index in [2.05, 4.69) is 4.98 Å². The number of halogens is 1. The number of hydrogen-bond acceptors (Lipinski definition) is 2. The van der Waals surface area contributed by atoms with Gasteiger partial charge in [0.1, 0.15) is 11.5 Å². The Bertz CT molecular complexity index is 417. The van der Waals surface area contributed by atoms with Gasteiger partial charge >= 0.3 is 0 Å². The molecule has 0 saturated carbocycles. The minimum atomic E-state index is 0.663. The van der Waals surface area contributed by atoms with E-state index >= 15 is 0 Å². The van der Waals surface area contributed by atoms with Gasteiger partial charge in [-0.05, 0) is 30.3 Å². The van der Waals surface area contributed by atoms with Crippen molar-refractivity contribution in [3.8, 4) is 11.5 Å². The summed E-state index contributed by atoms with van der Waals surface area (Å²) in [6, 6.07) is 10.9. The molecule has 3 heteroatoms. The molecular weight excluding hydrogens is 198 g/mol. The zero-order chi connectivity index (χ0) is 9.80. The molecule has 0 radical (unpaired) electrons. The van der Waals surface area contributed by atoms with Crippen LogP contribution in [0.5, 0.6) is 11.5 Å². The first-order valence-corrected chi connectivity index (χ1v) is 4.56. The first-order chi connectivity index (χ1) is 6.84. The second-order valence-corrected chi connectivity index (χ2v) is 3.18. The van der Waals surface area contributed by atoms with Gasteiger partial charge in [0.05, 0.1) is 0 Å². The Labute approximate surface area is 87.1 Å². The third-order valence-corrected chi connectivity index (χ3v) is 1.92. The van der Waals surface area contributed by atoms with Crippen LogP contribution in [-0.4, -0.2) is 4.98 Å². The minimum Gasteiger partial charge on any atom is -0.457 e. The van der Waals surface area contributed by atoms with Crippen molar-refractivity contribution in [2.24, 2.45) is 0 Å². The van der Waals surface area contributed by atoms with Crippen LogP contribution in [0, 0.1) is 0 Å². The van der Waals surface area contributed by atoms with Crippen LogP contribution in [0.3, 0.4) is 0 Å². The molecule has 14 heavy (non-hydrogen) atoms. The largest absolute Gasteiger partial charge is 0.457 e. The van der Waals surface area contributed by atoms with Crippen LogP contribution < -0.4 is 4.74 Å². The molecule has 1 aromatic carbocycles. The van der Waals surface area contributed by atoms with Crippen molar-refractivity contribution in [1.82, 2.24) is 4.98 Å². The van der Waals surface area contributed by atoms with Gasteiger partial charge in [0.15, 0.2) is 0 Å². The number of pyridine rings is 1. The highest BCUT2D eigenvalue weighted by Crippen LogP contribution is 2.22. The summed E-state index contributed by atoms with van der Waals surface area (Å²) in [4.78, 5) is 3.90. The summed E-state index contributed by atoms with van der Waals surface area (Å²) in [5, 5.41) is 0.663. The Morgan fingerprint density at radius 1 is 1.00 bits per heavy atom. The van der Waals surface area contributed by atoms with Gasteiger partial charge in [0.25, 0.3) is 0 Å². The molecule has 2 aromatic rings. The molecule has 0 aliphatic heterocycles. The lowest BCUT2D eigenvalue weighted by atomic mass is 10.3. The van der Waals surface area contributed by atoms with E-state index in [1.807, 2.05) is 12.1 Å². The van der Waals surface area contributed by atoms with Crippen LogP contribution in [-0.2, 0) is 0 Å². The predicted molar refractivity (Wildman–Crippen MR) is 55.8 cm³/mol. The Hall–Kier alpha value is -1.54. The molecule has 0 atom stereocenters. The molecule has 0 amide bonds. The molecule has 0 saturated heterocycles. The lowest BCUT2D eigenvalue weighted by Gasteiger charge is -2.04. The highest BCUT2D eigenvalue weighted by molar-refractivity contribution is 6.30. The van der Waals surface area contributed by atoms with E-state index in [4.69, 9.17) is 16.3 Å². The highest BCUT2D eigenvalue weighted by Gasteiger charge is 1.96. The third-order valence-electron chi connectivity index (χ3n) is 1.68. The number of rotatable bonds is 2. The molecule has 2 rings (SSSR count). The van der Waals surface area contributed by atoms with Crippen LogP contribution in [0.4, 0.5) is 0 Å². The number of hydrogen-bond donors (Lipinski definition) is 0. The van der Waals surface area contributed by atoms with Gasteiger partial charge in [-0.25, -0.2) is 0 Å². The lowest BCUT2D eigenvalue weighted by molar-refractivity contribution is 0.482. The summed E-state index contributed by atoms with van der Waals surface area (Å²) in [7, 11) is 0. The topological polar surface area (TPSA) is 22.1 Å². The standard InChI is InChI=1S/C11H8ClNO/c12-9-2-1-3-11(8-9)14-10-4-6-13-7-5-10/h1-8H. The van der Waals surface area contributed by atoms with E-state index in [0.717, 1.165) is 11.5 Å². The van der Waals surface area contributed by atoms with Crippen LogP contribution in [0.1, 0.15) is 0 Å². The smallest absolute Gasteiger partial charge is 0.130 e. The Kier molecular flexibility index (Phi) is 2.65. The maximum absolute atomic E-state index is 5.82. The zero-order valence-electron chi connectivity index (χ0n) is 7.35. The van der Waals surface area contributed by atoms with Crippen LogP contribution in [0.25, 0.3) is 0 Å². The van der Waals surface area contributed by atoms with Gasteiger partial charge in [0.2, 0.25) is 0 Å². The molecule has 1 heterocycles. The van der Waals surface area contributed by atoms with Gasteiger partial charge in [-0.2, -0.15) is 0 Å². The monoisotopic (exact) mass is 205 g/mol. The SMILES string of the molecule is Clc1cccc(Oc2ccncc2)c1. The molecule has 0 unspecified atom stereocenters. The number of aromatic nitrogens is 1. The molecule has 70 valence electrons. The summed E-state index contributed by atoms with van der Waals surface area (Å²) in [5.41, 5.74) is 0. The summed E-state index contributed by atoms with van der Waals surface area (Å²) in [6.45, 7) is 0. The fourth-order valence-corrected chi connectivity index (χ4v) is 1.25. The molecule has 0 aliphatic carbocycles. The normalized spacial score (nSPS) is 9.79. The second-order valence-electron chi connectivity index (χ2n) is 2.74. The van der Waals surface area contributed by atoms with Gasteiger partial charge in [0, 0.05) is 17.4 Å². The number of ether oxygens (including phenoxy) is 1. The molecule has 2 nitrogen and oxygen atoms in total. The van der Waals surface area contributed by atoms with Gasteiger partial charge < -0.3 is 4.74 Å². The van der Waals surface area contributed by atoms with Gasteiger partial charge in [-0.1, -0.05) is 17.7 Å². The maximum Gasteiger partial charge on any atom is 0.130 e. The minimum absolute atomic E-state index is 0.663. The summed E-state index contributed by atoms with van der Waals surface area (Å²) >= 11 is 5.82. The third kappa shape index (κ3) is 2.24. The van der Waals surface area contributed by atoms with E-state index in [1.54, 1.807) is 36.7 Å². The molecule has 1 aromatic heterocycles. The van der Waals surface area contributed by atoms with E-state index in [1.165, 1.54) is 0 Å². The van der Waals surface area contributed by atoms with E-state index in [9.17, 15) is 0 Å². The Balaban J connectivity index is 2.19. The van der Waals surface area contributed by atoms with E-state index in [-0.39, 0.29) is 0 Å². The first kappa shape index (κ1) is 9.03. The van der Waals surface area contributed by atoms with E-state index < -0.39 is 0 Å². The van der Waals surface area contributed by atoms with Crippen LogP contribution >= 0.6 is 11.6 Å².